The number of aryl methyl sites for hydroxylation is 1. The minimum atomic E-state index is -0.397. The number of anilines is 2. The number of benzene rings is 1. The molecule has 3 aliphatic heterocycles. The summed E-state index contributed by atoms with van der Waals surface area (Å²) in [5.74, 6) is 1.40. The molecule has 1 saturated heterocycles. The fraction of sp³-hybridized carbons (Fsp3) is 0.478. The molecule has 0 unspecified atom stereocenters. The Balaban J connectivity index is 1.38. The number of carbonyl (C=O) groups excluding carboxylic acids is 1. The van der Waals surface area contributed by atoms with Gasteiger partial charge in [-0.3, -0.25) is 9.79 Å². The van der Waals surface area contributed by atoms with Crippen molar-refractivity contribution in [3.05, 3.63) is 46.9 Å². The lowest BCUT2D eigenvalue weighted by Crippen LogP contribution is -2.42. The van der Waals surface area contributed by atoms with E-state index in [0.29, 0.717) is 12.1 Å². The second-order valence-corrected chi connectivity index (χ2v) is 9.13. The standard InChI is InChI=1S/C23H29N7O/c1-23(14-24)6-9-29(10-7-23)19-13-26-20-17(28-19)12-27-22(20)30-8-2-3-15-11-16(21(25)31)4-5-18(15)30/h4-5,11,13H,2-3,6-10,12,14,24H2,1H3,(H2,25,31). The van der Waals surface area contributed by atoms with Crippen LogP contribution in [0, 0.1) is 5.41 Å². The summed E-state index contributed by atoms with van der Waals surface area (Å²) < 4.78 is 0. The summed E-state index contributed by atoms with van der Waals surface area (Å²) >= 11 is 0. The number of aromatic nitrogens is 2. The molecule has 3 aliphatic rings. The van der Waals surface area contributed by atoms with Crippen LogP contribution >= 0.6 is 0 Å². The third-order valence-electron chi connectivity index (χ3n) is 6.95. The second kappa shape index (κ2) is 7.60. The zero-order valence-corrected chi connectivity index (χ0v) is 18.0. The van der Waals surface area contributed by atoms with Crippen LogP contribution in [0.3, 0.4) is 0 Å². The summed E-state index contributed by atoms with van der Waals surface area (Å²) in [7, 11) is 0. The highest BCUT2D eigenvalue weighted by Gasteiger charge is 2.32. The van der Waals surface area contributed by atoms with Gasteiger partial charge in [-0.15, -0.1) is 0 Å². The van der Waals surface area contributed by atoms with Crippen LogP contribution in [0.15, 0.2) is 29.4 Å². The van der Waals surface area contributed by atoms with E-state index in [1.807, 2.05) is 18.3 Å². The van der Waals surface area contributed by atoms with Gasteiger partial charge in [0.15, 0.2) is 5.84 Å². The third-order valence-corrected chi connectivity index (χ3v) is 6.95. The number of hydrogen-bond donors (Lipinski definition) is 2. The van der Waals surface area contributed by atoms with E-state index in [-0.39, 0.29) is 5.41 Å². The molecule has 0 bridgehead atoms. The Bertz CT molecular complexity index is 1060. The fourth-order valence-corrected chi connectivity index (χ4v) is 4.75. The van der Waals surface area contributed by atoms with Gasteiger partial charge in [0.25, 0.3) is 0 Å². The van der Waals surface area contributed by atoms with E-state index in [1.165, 1.54) is 0 Å². The van der Waals surface area contributed by atoms with E-state index in [9.17, 15) is 4.79 Å². The fourth-order valence-electron chi connectivity index (χ4n) is 4.75. The lowest BCUT2D eigenvalue weighted by molar-refractivity contribution is 0.1000. The molecule has 4 heterocycles. The number of amidine groups is 1. The predicted molar refractivity (Wildman–Crippen MR) is 122 cm³/mol. The summed E-state index contributed by atoms with van der Waals surface area (Å²) in [5, 5.41) is 0. The monoisotopic (exact) mass is 419 g/mol. The number of carbonyl (C=O) groups is 1. The first-order chi connectivity index (χ1) is 15.0. The Morgan fingerprint density at radius 2 is 2.03 bits per heavy atom. The van der Waals surface area contributed by atoms with Crippen molar-refractivity contribution in [1.82, 2.24) is 9.97 Å². The first-order valence-corrected chi connectivity index (χ1v) is 11.0. The van der Waals surface area contributed by atoms with E-state index in [4.69, 9.17) is 26.4 Å². The van der Waals surface area contributed by atoms with Gasteiger partial charge in [0.05, 0.1) is 18.4 Å². The number of nitrogens with zero attached hydrogens (tertiary/aromatic N) is 5. The van der Waals surface area contributed by atoms with E-state index in [1.54, 1.807) is 6.07 Å². The molecule has 0 saturated carbocycles. The van der Waals surface area contributed by atoms with Crippen molar-refractivity contribution in [2.24, 2.45) is 21.9 Å². The molecule has 1 aromatic carbocycles. The van der Waals surface area contributed by atoms with Gasteiger partial charge in [0, 0.05) is 30.9 Å². The number of primary amides is 1. The molecule has 1 fully saturated rings. The number of hydrogen-bond acceptors (Lipinski definition) is 7. The minimum Gasteiger partial charge on any atom is -0.366 e. The maximum Gasteiger partial charge on any atom is 0.248 e. The van der Waals surface area contributed by atoms with Crippen molar-refractivity contribution >= 4 is 23.2 Å². The Morgan fingerprint density at radius 1 is 1.23 bits per heavy atom. The van der Waals surface area contributed by atoms with E-state index >= 15 is 0 Å². The Morgan fingerprint density at radius 3 is 2.77 bits per heavy atom. The molecule has 8 nitrogen and oxygen atoms in total. The number of nitrogens with two attached hydrogens (primary N) is 2. The SMILES string of the molecule is CC1(CN)CCN(c2cnc3c(n2)CN=C3N2CCCc3cc(C(N)=O)ccc32)CC1. The molecule has 1 aromatic heterocycles. The quantitative estimate of drug-likeness (QED) is 0.785. The smallest absolute Gasteiger partial charge is 0.248 e. The van der Waals surface area contributed by atoms with Crippen molar-refractivity contribution in [3.63, 3.8) is 0 Å². The van der Waals surface area contributed by atoms with Gasteiger partial charge in [-0.25, -0.2) is 9.97 Å². The highest BCUT2D eigenvalue weighted by atomic mass is 16.1. The van der Waals surface area contributed by atoms with Crippen molar-refractivity contribution in [3.8, 4) is 0 Å². The first kappa shape index (κ1) is 19.9. The second-order valence-electron chi connectivity index (χ2n) is 9.13. The van der Waals surface area contributed by atoms with Crippen molar-refractivity contribution in [2.45, 2.75) is 39.2 Å². The van der Waals surface area contributed by atoms with Crippen LogP contribution in [0.25, 0.3) is 0 Å². The average Bonchev–Trinajstić information content (AvgIpc) is 3.22. The first-order valence-electron chi connectivity index (χ1n) is 11.0. The zero-order valence-electron chi connectivity index (χ0n) is 18.0. The van der Waals surface area contributed by atoms with Gasteiger partial charge >= 0.3 is 0 Å². The van der Waals surface area contributed by atoms with Crippen LogP contribution in [-0.4, -0.2) is 47.9 Å². The largest absolute Gasteiger partial charge is 0.366 e. The highest BCUT2D eigenvalue weighted by molar-refractivity contribution is 6.11. The van der Waals surface area contributed by atoms with Gasteiger partial charge in [-0.05, 0) is 61.4 Å². The molecule has 0 radical (unpaired) electrons. The third kappa shape index (κ3) is 3.54. The van der Waals surface area contributed by atoms with Crippen LogP contribution in [0.5, 0.6) is 0 Å². The Labute approximate surface area is 182 Å². The predicted octanol–water partition coefficient (Wildman–Crippen LogP) is 1.85. The van der Waals surface area contributed by atoms with Crippen molar-refractivity contribution < 1.29 is 4.79 Å². The number of rotatable bonds is 3. The van der Waals surface area contributed by atoms with Crippen molar-refractivity contribution in [1.29, 1.82) is 0 Å². The summed E-state index contributed by atoms with van der Waals surface area (Å²) in [6.07, 6.45) is 5.94. The highest BCUT2D eigenvalue weighted by Crippen LogP contribution is 2.34. The van der Waals surface area contributed by atoms with Gasteiger partial charge in [0.1, 0.15) is 11.5 Å². The summed E-state index contributed by atoms with van der Waals surface area (Å²) in [6, 6.07) is 5.66. The van der Waals surface area contributed by atoms with Crippen LogP contribution in [0.1, 0.15) is 53.5 Å². The summed E-state index contributed by atoms with van der Waals surface area (Å²) in [5.41, 5.74) is 16.2. The maximum absolute atomic E-state index is 11.6. The lowest BCUT2D eigenvalue weighted by Gasteiger charge is -2.39. The minimum absolute atomic E-state index is 0.229. The van der Waals surface area contributed by atoms with Gasteiger partial charge in [-0.1, -0.05) is 6.92 Å². The molecular formula is C23H29N7O. The molecule has 8 heteroatoms. The van der Waals surface area contributed by atoms with E-state index in [0.717, 1.165) is 86.2 Å². The van der Waals surface area contributed by atoms with Crippen molar-refractivity contribution in [2.75, 3.05) is 36.0 Å². The number of fused-ring (bicyclic) bond motifs is 2. The zero-order chi connectivity index (χ0) is 21.6. The van der Waals surface area contributed by atoms with Gasteiger partial charge in [-0.2, -0.15) is 0 Å². The molecule has 31 heavy (non-hydrogen) atoms. The van der Waals surface area contributed by atoms with E-state index < -0.39 is 5.91 Å². The molecule has 162 valence electrons. The molecule has 1 amide bonds. The molecule has 2 aromatic rings. The van der Waals surface area contributed by atoms with Gasteiger partial charge in [0.2, 0.25) is 5.91 Å². The average molecular weight is 420 g/mol. The topological polar surface area (TPSA) is 114 Å². The molecule has 0 aliphatic carbocycles. The molecule has 0 spiro atoms. The number of aliphatic imine (C=N–C) groups is 1. The number of amides is 1. The van der Waals surface area contributed by atoms with Crippen LogP contribution in [0.4, 0.5) is 11.5 Å². The normalized spacial score (nSPS) is 19.6. The Kier molecular flexibility index (Phi) is 4.89. The molecule has 0 atom stereocenters. The Hall–Kier alpha value is -3.00. The molecule has 4 N–H and O–H groups in total. The lowest BCUT2D eigenvalue weighted by atomic mass is 9.80. The maximum atomic E-state index is 11.6. The van der Waals surface area contributed by atoms with Crippen LogP contribution < -0.4 is 21.3 Å². The van der Waals surface area contributed by atoms with Gasteiger partial charge < -0.3 is 21.3 Å². The number of piperidine rings is 1. The molecule has 5 rings (SSSR count). The molecular weight excluding hydrogens is 390 g/mol. The van der Waals surface area contributed by atoms with E-state index in [2.05, 4.69) is 16.7 Å². The summed E-state index contributed by atoms with van der Waals surface area (Å²) in [4.78, 5) is 30.6. The van der Waals surface area contributed by atoms with Crippen LogP contribution in [-0.2, 0) is 13.0 Å². The summed E-state index contributed by atoms with van der Waals surface area (Å²) in [6.45, 7) is 6.32. The van der Waals surface area contributed by atoms with Crippen LogP contribution in [0.2, 0.25) is 0 Å².